The van der Waals surface area contributed by atoms with Crippen LogP contribution in [0.1, 0.15) is 49.3 Å². The topological polar surface area (TPSA) is 83.7 Å². The van der Waals surface area contributed by atoms with Crippen molar-refractivity contribution in [2.75, 3.05) is 19.1 Å². The zero-order valence-corrected chi connectivity index (χ0v) is 22.5. The summed E-state index contributed by atoms with van der Waals surface area (Å²) in [7, 11) is 3.12. The molecule has 1 aliphatic carbocycles. The molecule has 1 fully saturated rings. The Balaban J connectivity index is 1.61. The molecule has 0 spiro atoms. The lowest BCUT2D eigenvalue weighted by Gasteiger charge is -2.34. The molecule has 202 valence electrons. The molecular formula is C32H35N3O4. The molecular weight excluding hydrogens is 490 g/mol. The van der Waals surface area contributed by atoms with Crippen LogP contribution in [0, 0.1) is 0 Å². The lowest BCUT2D eigenvalue weighted by molar-refractivity contribution is -0.127. The summed E-state index contributed by atoms with van der Waals surface area (Å²) < 4.78 is 11.3. The predicted molar refractivity (Wildman–Crippen MR) is 153 cm³/mol. The van der Waals surface area contributed by atoms with Gasteiger partial charge in [-0.2, -0.15) is 0 Å². The van der Waals surface area contributed by atoms with E-state index in [9.17, 15) is 9.59 Å². The summed E-state index contributed by atoms with van der Waals surface area (Å²) in [6.07, 6.45) is 7.21. The van der Waals surface area contributed by atoms with E-state index in [1.165, 1.54) is 6.42 Å². The zero-order chi connectivity index (χ0) is 27.2. The number of fused-ring (bicyclic) bond motifs is 1. The van der Waals surface area contributed by atoms with E-state index in [1.54, 1.807) is 25.2 Å². The van der Waals surface area contributed by atoms with Crippen LogP contribution in [-0.4, -0.2) is 37.1 Å². The predicted octanol–water partition coefficient (Wildman–Crippen LogP) is 5.95. The van der Waals surface area contributed by atoms with E-state index in [0.717, 1.165) is 42.1 Å². The minimum absolute atomic E-state index is 0.0756. The van der Waals surface area contributed by atoms with Gasteiger partial charge in [0.2, 0.25) is 11.8 Å². The van der Waals surface area contributed by atoms with Gasteiger partial charge in [0.25, 0.3) is 0 Å². The van der Waals surface area contributed by atoms with Crippen LogP contribution in [0.3, 0.4) is 0 Å². The van der Waals surface area contributed by atoms with Crippen molar-refractivity contribution in [1.29, 1.82) is 0 Å². The second kappa shape index (κ2) is 12.1. The van der Waals surface area contributed by atoms with Gasteiger partial charge in [-0.1, -0.05) is 67.8 Å². The second-order valence-corrected chi connectivity index (χ2v) is 9.96. The highest BCUT2D eigenvalue weighted by Crippen LogP contribution is 2.39. The third-order valence-corrected chi connectivity index (χ3v) is 7.51. The first kappa shape index (κ1) is 26.4. The number of benzene rings is 3. The second-order valence-electron chi connectivity index (χ2n) is 9.96. The standard InChI is InChI=1S/C32H35N3O4/c1-38-28-19-11-17-26(31(28)39-2)30(32(37)34-23-12-5-3-6-13-23)35(24-14-7-4-8-15-24)29(36)20-22-21-33-27-18-10-9-16-25(22)27/h4,7-11,14-19,21,23,30,33H,3,5-6,12-13,20H2,1-2H3,(H,34,37)/t30-/m1/s1. The lowest BCUT2D eigenvalue weighted by Crippen LogP contribution is -2.47. The minimum atomic E-state index is -0.961. The first-order valence-corrected chi connectivity index (χ1v) is 13.5. The number of nitrogens with one attached hydrogen (secondary N) is 2. The fourth-order valence-electron chi connectivity index (χ4n) is 5.60. The quantitative estimate of drug-likeness (QED) is 0.283. The fourth-order valence-corrected chi connectivity index (χ4v) is 5.60. The molecule has 3 aromatic carbocycles. The molecule has 1 heterocycles. The average Bonchev–Trinajstić information content (AvgIpc) is 3.38. The third-order valence-electron chi connectivity index (χ3n) is 7.51. The number of hydrogen-bond acceptors (Lipinski definition) is 4. The molecule has 5 rings (SSSR count). The lowest BCUT2D eigenvalue weighted by atomic mass is 9.94. The molecule has 1 saturated carbocycles. The Kier molecular flexibility index (Phi) is 8.16. The van der Waals surface area contributed by atoms with Crippen molar-refractivity contribution < 1.29 is 19.1 Å². The van der Waals surface area contributed by atoms with Crippen molar-refractivity contribution in [1.82, 2.24) is 10.3 Å². The summed E-state index contributed by atoms with van der Waals surface area (Å²) in [6, 6.07) is 21.8. The Morgan fingerprint density at radius 2 is 1.67 bits per heavy atom. The first-order chi connectivity index (χ1) is 19.1. The maximum Gasteiger partial charge on any atom is 0.248 e. The van der Waals surface area contributed by atoms with Crippen molar-refractivity contribution in [3.8, 4) is 11.5 Å². The van der Waals surface area contributed by atoms with Gasteiger partial charge in [0.05, 0.1) is 20.6 Å². The van der Waals surface area contributed by atoms with Gasteiger partial charge in [-0.3, -0.25) is 14.5 Å². The number of H-pyrrole nitrogens is 1. The third kappa shape index (κ3) is 5.62. The smallest absolute Gasteiger partial charge is 0.248 e. The highest BCUT2D eigenvalue weighted by molar-refractivity contribution is 6.03. The zero-order valence-electron chi connectivity index (χ0n) is 22.5. The van der Waals surface area contributed by atoms with Crippen LogP contribution < -0.4 is 19.7 Å². The number of hydrogen-bond donors (Lipinski definition) is 2. The van der Waals surface area contributed by atoms with Crippen LogP contribution in [0.4, 0.5) is 5.69 Å². The van der Waals surface area contributed by atoms with Crippen LogP contribution in [0.25, 0.3) is 10.9 Å². The van der Waals surface area contributed by atoms with Crippen LogP contribution in [0.5, 0.6) is 11.5 Å². The van der Waals surface area contributed by atoms with E-state index in [-0.39, 0.29) is 24.3 Å². The van der Waals surface area contributed by atoms with E-state index in [0.29, 0.717) is 22.7 Å². The first-order valence-electron chi connectivity index (χ1n) is 13.5. The molecule has 1 atom stereocenters. The Morgan fingerprint density at radius 3 is 2.41 bits per heavy atom. The summed E-state index contributed by atoms with van der Waals surface area (Å²) in [5.74, 6) is 0.511. The van der Waals surface area contributed by atoms with Gasteiger partial charge in [0.1, 0.15) is 6.04 Å². The van der Waals surface area contributed by atoms with Gasteiger partial charge in [-0.05, 0) is 42.7 Å². The number of rotatable bonds is 9. The van der Waals surface area contributed by atoms with E-state index >= 15 is 0 Å². The Labute approximate surface area is 229 Å². The van der Waals surface area contributed by atoms with Crippen LogP contribution in [0.2, 0.25) is 0 Å². The SMILES string of the molecule is COc1cccc([C@H](C(=O)NC2CCCCC2)N(C(=O)Cc2c[nH]c3ccccc23)c2ccccc2)c1OC. The molecule has 7 heteroatoms. The molecule has 0 aliphatic heterocycles. The summed E-state index contributed by atoms with van der Waals surface area (Å²) in [5, 5.41) is 4.25. The summed E-state index contributed by atoms with van der Waals surface area (Å²) in [4.78, 5) is 33.4. The monoisotopic (exact) mass is 525 g/mol. The van der Waals surface area contributed by atoms with Crippen LogP contribution >= 0.6 is 0 Å². The number of ether oxygens (including phenoxy) is 2. The Hall–Kier alpha value is -4.26. The molecule has 1 aromatic heterocycles. The molecule has 0 unspecified atom stereocenters. The highest BCUT2D eigenvalue weighted by atomic mass is 16.5. The molecule has 0 radical (unpaired) electrons. The average molecular weight is 526 g/mol. The maximum atomic E-state index is 14.3. The molecule has 39 heavy (non-hydrogen) atoms. The molecule has 0 saturated heterocycles. The Morgan fingerprint density at radius 1 is 0.923 bits per heavy atom. The normalized spacial score (nSPS) is 14.5. The van der Waals surface area contributed by atoms with Crippen molar-refractivity contribution in [3.63, 3.8) is 0 Å². The van der Waals surface area contributed by atoms with Crippen LogP contribution in [0.15, 0.2) is 79.0 Å². The number of nitrogens with zero attached hydrogens (tertiary/aromatic N) is 1. The van der Waals surface area contributed by atoms with Gasteiger partial charge < -0.3 is 19.8 Å². The van der Waals surface area contributed by atoms with Gasteiger partial charge in [0.15, 0.2) is 11.5 Å². The number of carbonyl (C=O) groups excluding carboxylic acids is 2. The largest absolute Gasteiger partial charge is 0.493 e. The number of methoxy groups -OCH3 is 2. The van der Waals surface area contributed by atoms with Crippen molar-refractivity contribution in [2.24, 2.45) is 0 Å². The molecule has 1 aliphatic rings. The molecule has 0 bridgehead atoms. The number of aromatic nitrogens is 1. The Bertz CT molecular complexity index is 1430. The molecule has 2 amide bonds. The molecule has 2 N–H and O–H groups in total. The minimum Gasteiger partial charge on any atom is -0.493 e. The molecule has 7 nitrogen and oxygen atoms in total. The number of amides is 2. The highest BCUT2D eigenvalue weighted by Gasteiger charge is 2.36. The van der Waals surface area contributed by atoms with E-state index in [2.05, 4.69) is 10.3 Å². The van der Waals surface area contributed by atoms with Gasteiger partial charge in [0, 0.05) is 34.4 Å². The summed E-state index contributed by atoms with van der Waals surface area (Å²) >= 11 is 0. The fraction of sp³-hybridized carbons (Fsp3) is 0.312. The summed E-state index contributed by atoms with van der Waals surface area (Å²) in [6.45, 7) is 0. The van der Waals surface area contributed by atoms with Crippen molar-refractivity contribution >= 4 is 28.4 Å². The van der Waals surface area contributed by atoms with Gasteiger partial charge in [-0.25, -0.2) is 0 Å². The number of anilines is 1. The van der Waals surface area contributed by atoms with E-state index in [4.69, 9.17) is 9.47 Å². The van der Waals surface area contributed by atoms with E-state index < -0.39 is 6.04 Å². The maximum absolute atomic E-state index is 14.3. The summed E-state index contributed by atoms with van der Waals surface area (Å²) in [5.41, 5.74) is 3.05. The number of aromatic amines is 1. The number of para-hydroxylation sites is 3. The molecule has 4 aromatic rings. The number of carbonyl (C=O) groups is 2. The van der Waals surface area contributed by atoms with Crippen LogP contribution in [-0.2, 0) is 16.0 Å². The van der Waals surface area contributed by atoms with Gasteiger partial charge in [-0.15, -0.1) is 0 Å². The van der Waals surface area contributed by atoms with Gasteiger partial charge >= 0.3 is 0 Å². The van der Waals surface area contributed by atoms with Crippen molar-refractivity contribution in [2.45, 2.75) is 50.6 Å². The van der Waals surface area contributed by atoms with Crippen molar-refractivity contribution in [3.05, 3.63) is 90.1 Å². The van der Waals surface area contributed by atoms with E-state index in [1.807, 2.05) is 72.9 Å².